The fourth-order valence-corrected chi connectivity index (χ4v) is 1.44. The van der Waals surface area contributed by atoms with Gasteiger partial charge in [0, 0.05) is 5.92 Å². The molecule has 4 nitrogen and oxygen atoms in total. The van der Waals surface area contributed by atoms with E-state index in [1.807, 2.05) is 0 Å². The maximum Gasteiger partial charge on any atom is 0.335 e. The third-order valence-corrected chi connectivity index (χ3v) is 2.34. The Hall–Kier alpha value is -1.39. The summed E-state index contributed by atoms with van der Waals surface area (Å²) in [5, 5.41) is 27.2. The molecule has 82 valence electrons. The quantitative estimate of drug-likeness (QED) is 0.688. The Morgan fingerprint density at radius 1 is 1.47 bits per heavy atom. The summed E-state index contributed by atoms with van der Waals surface area (Å²) < 4.78 is 0. The lowest BCUT2D eigenvalue weighted by atomic mass is 9.94. The van der Waals surface area contributed by atoms with Crippen LogP contribution in [0.4, 0.5) is 0 Å². The van der Waals surface area contributed by atoms with Crippen molar-refractivity contribution < 1.29 is 20.1 Å². The maximum atomic E-state index is 10.7. The van der Waals surface area contributed by atoms with Gasteiger partial charge in [-0.3, -0.25) is 0 Å². The predicted octanol–water partition coefficient (Wildman–Crippen LogP) is 0.842. The molecule has 0 aliphatic carbocycles. The fourth-order valence-electron chi connectivity index (χ4n) is 1.44. The van der Waals surface area contributed by atoms with Crippen molar-refractivity contribution in [2.45, 2.75) is 18.9 Å². The number of carboxylic acid groups (broad SMARTS) is 1. The molecule has 4 heteroatoms. The van der Waals surface area contributed by atoms with Crippen molar-refractivity contribution >= 4 is 5.97 Å². The SMILES string of the molecule is CC(O)C(CO)c1cccc(C(=O)O)c1. The molecule has 2 unspecified atom stereocenters. The summed E-state index contributed by atoms with van der Waals surface area (Å²) in [6.07, 6.45) is -0.709. The van der Waals surface area contributed by atoms with Crippen LogP contribution in [0.2, 0.25) is 0 Å². The minimum Gasteiger partial charge on any atom is -0.478 e. The van der Waals surface area contributed by atoms with E-state index in [2.05, 4.69) is 0 Å². The number of benzene rings is 1. The van der Waals surface area contributed by atoms with Gasteiger partial charge in [-0.15, -0.1) is 0 Å². The molecular formula is C11H14O4. The van der Waals surface area contributed by atoms with Gasteiger partial charge in [-0.05, 0) is 24.6 Å². The molecule has 1 rings (SSSR count). The van der Waals surface area contributed by atoms with Gasteiger partial charge in [0.2, 0.25) is 0 Å². The minimum atomic E-state index is -1.01. The average Bonchev–Trinajstić information content (AvgIpc) is 2.18. The zero-order chi connectivity index (χ0) is 11.4. The highest BCUT2D eigenvalue weighted by atomic mass is 16.4. The molecule has 0 aromatic heterocycles. The summed E-state index contributed by atoms with van der Waals surface area (Å²) in [6, 6.07) is 6.24. The molecule has 1 aromatic carbocycles. The van der Waals surface area contributed by atoms with Crippen molar-refractivity contribution in [1.82, 2.24) is 0 Å². The summed E-state index contributed by atoms with van der Waals surface area (Å²) in [4.78, 5) is 10.7. The second-order valence-corrected chi connectivity index (χ2v) is 3.46. The van der Waals surface area contributed by atoms with E-state index in [9.17, 15) is 9.90 Å². The van der Waals surface area contributed by atoms with E-state index in [4.69, 9.17) is 10.2 Å². The van der Waals surface area contributed by atoms with Crippen molar-refractivity contribution in [2.75, 3.05) is 6.61 Å². The number of aliphatic hydroxyl groups is 2. The average molecular weight is 210 g/mol. The monoisotopic (exact) mass is 210 g/mol. The molecule has 0 aliphatic rings. The Kier molecular flexibility index (Phi) is 3.82. The van der Waals surface area contributed by atoms with E-state index in [1.54, 1.807) is 19.1 Å². The molecule has 0 saturated carbocycles. The second kappa shape index (κ2) is 4.91. The molecule has 0 heterocycles. The van der Waals surface area contributed by atoms with Crippen molar-refractivity contribution in [2.24, 2.45) is 0 Å². The molecule has 0 aliphatic heterocycles. The van der Waals surface area contributed by atoms with Gasteiger partial charge in [0.05, 0.1) is 18.3 Å². The number of carbonyl (C=O) groups is 1. The molecule has 0 amide bonds. The first-order valence-corrected chi connectivity index (χ1v) is 4.68. The standard InChI is InChI=1S/C11H14O4/c1-7(13)10(6-12)8-3-2-4-9(5-8)11(14)15/h2-5,7,10,12-13H,6H2,1H3,(H,14,15). The third-order valence-electron chi connectivity index (χ3n) is 2.34. The van der Waals surface area contributed by atoms with Crippen LogP contribution in [0.1, 0.15) is 28.8 Å². The lowest BCUT2D eigenvalue weighted by Gasteiger charge is -2.17. The first-order chi connectivity index (χ1) is 7.06. The van der Waals surface area contributed by atoms with Crippen LogP contribution < -0.4 is 0 Å². The zero-order valence-corrected chi connectivity index (χ0v) is 8.42. The summed E-state index contributed by atoms with van der Waals surface area (Å²) in [5.41, 5.74) is 0.791. The smallest absolute Gasteiger partial charge is 0.335 e. The van der Waals surface area contributed by atoms with Crippen LogP contribution in [-0.4, -0.2) is 34.0 Å². The van der Waals surface area contributed by atoms with E-state index < -0.39 is 18.0 Å². The molecule has 1 aromatic rings. The second-order valence-electron chi connectivity index (χ2n) is 3.46. The molecule has 0 radical (unpaired) electrons. The Balaban J connectivity index is 3.03. The van der Waals surface area contributed by atoms with Crippen LogP contribution in [0.5, 0.6) is 0 Å². The number of aromatic carboxylic acids is 1. The number of carboxylic acids is 1. The van der Waals surface area contributed by atoms with Crippen molar-refractivity contribution in [1.29, 1.82) is 0 Å². The molecule has 0 spiro atoms. The highest BCUT2D eigenvalue weighted by Gasteiger charge is 2.17. The van der Waals surface area contributed by atoms with Gasteiger partial charge in [-0.25, -0.2) is 4.79 Å². The van der Waals surface area contributed by atoms with Crippen molar-refractivity contribution in [3.05, 3.63) is 35.4 Å². The Morgan fingerprint density at radius 2 is 2.13 bits per heavy atom. The van der Waals surface area contributed by atoms with Crippen LogP contribution in [0, 0.1) is 0 Å². The van der Waals surface area contributed by atoms with E-state index in [-0.39, 0.29) is 12.2 Å². The van der Waals surface area contributed by atoms with Crippen LogP contribution in [0.25, 0.3) is 0 Å². The van der Waals surface area contributed by atoms with Crippen LogP contribution in [-0.2, 0) is 0 Å². The Labute approximate surface area is 87.8 Å². The van der Waals surface area contributed by atoms with Gasteiger partial charge < -0.3 is 15.3 Å². The van der Waals surface area contributed by atoms with Crippen LogP contribution in [0.15, 0.2) is 24.3 Å². The molecule has 3 N–H and O–H groups in total. The van der Waals surface area contributed by atoms with Crippen LogP contribution in [0.3, 0.4) is 0 Å². The predicted molar refractivity (Wildman–Crippen MR) is 54.9 cm³/mol. The Morgan fingerprint density at radius 3 is 2.60 bits per heavy atom. The molecule has 0 saturated heterocycles. The van der Waals surface area contributed by atoms with Gasteiger partial charge in [-0.2, -0.15) is 0 Å². The molecule has 0 fully saturated rings. The largest absolute Gasteiger partial charge is 0.478 e. The number of hydrogen-bond acceptors (Lipinski definition) is 3. The van der Waals surface area contributed by atoms with Gasteiger partial charge in [-0.1, -0.05) is 12.1 Å². The summed E-state index contributed by atoms with van der Waals surface area (Å²) in [7, 11) is 0. The molecule has 15 heavy (non-hydrogen) atoms. The first-order valence-electron chi connectivity index (χ1n) is 4.68. The van der Waals surface area contributed by atoms with Crippen molar-refractivity contribution in [3.8, 4) is 0 Å². The molecule has 0 bridgehead atoms. The van der Waals surface area contributed by atoms with E-state index >= 15 is 0 Å². The van der Waals surface area contributed by atoms with Gasteiger partial charge in [0.25, 0.3) is 0 Å². The third kappa shape index (κ3) is 2.78. The molecule has 2 atom stereocenters. The Bertz CT molecular complexity index is 346. The first kappa shape index (κ1) is 11.7. The topological polar surface area (TPSA) is 77.8 Å². The minimum absolute atomic E-state index is 0.159. The highest BCUT2D eigenvalue weighted by Crippen LogP contribution is 2.20. The number of hydrogen-bond donors (Lipinski definition) is 3. The highest BCUT2D eigenvalue weighted by molar-refractivity contribution is 5.87. The van der Waals surface area contributed by atoms with E-state index in [1.165, 1.54) is 12.1 Å². The lowest BCUT2D eigenvalue weighted by Crippen LogP contribution is -2.18. The van der Waals surface area contributed by atoms with Gasteiger partial charge in [0.15, 0.2) is 0 Å². The zero-order valence-electron chi connectivity index (χ0n) is 8.42. The maximum absolute atomic E-state index is 10.7. The van der Waals surface area contributed by atoms with Gasteiger partial charge in [0.1, 0.15) is 0 Å². The van der Waals surface area contributed by atoms with E-state index in [0.717, 1.165) is 0 Å². The summed E-state index contributed by atoms with van der Waals surface area (Å²) >= 11 is 0. The lowest BCUT2D eigenvalue weighted by molar-refractivity contribution is 0.0695. The fraction of sp³-hybridized carbons (Fsp3) is 0.364. The molecular weight excluding hydrogens is 196 g/mol. The van der Waals surface area contributed by atoms with Gasteiger partial charge >= 0.3 is 5.97 Å². The number of aliphatic hydroxyl groups excluding tert-OH is 2. The summed E-state index contributed by atoms with van der Waals surface area (Å²) in [5.74, 6) is -1.46. The number of rotatable bonds is 4. The summed E-state index contributed by atoms with van der Waals surface area (Å²) in [6.45, 7) is 1.36. The van der Waals surface area contributed by atoms with Crippen LogP contribution >= 0.6 is 0 Å². The van der Waals surface area contributed by atoms with E-state index in [0.29, 0.717) is 5.56 Å². The van der Waals surface area contributed by atoms with Crippen molar-refractivity contribution in [3.63, 3.8) is 0 Å². The normalized spacial score (nSPS) is 14.6.